The van der Waals surface area contributed by atoms with Crippen LogP contribution < -0.4 is 10.1 Å². The highest BCUT2D eigenvalue weighted by Crippen LogP contribution is 2.19. The number of aromatic nitrogens is 1. The molecule has 0 bridgehead atoms. The van der Waals surface area contributed by atoms with Gasteiger partial charge in [-0.2, -0.15) is 0 Å². The van der Waals surface area contributed by atoms with Crippen molar-refractivity contribution in [3.63, 3.8) is 0 Å². The van der Waals surface area contributed by atoms with Gasteiger partial charge in [-0.05, 0) is 53.2 Å². The van der Waals surface area contributed by atoms with Crippen LogP contribution in [0.4, 0.5) is 5.69 Å². The van der Waals surface area contributed by atoms with Crippen molar-refractivity contribution in [3.8, 4) is 5.75 Å². The highest BCUT2D eigenvalue weighted by Gasteiger charge is 2.15. The number of rotatable bonds is 4. The molecule has 20 heavy (non-hydrogen) atoms. The van der Waals surface area contributed by atoms with Crippen LogP contribution in [0.25, 0.3) is 0 Å². The van der Waals surface area contributed by atoms with Gasteiger partial charge in [0.2, 0.25) is 0 Å². The number of pyridine rings is 1. The van der Waals surface area contributed by atoms with Crippen LogP contribution in [-0.4, -0.2) is 17.0 Å². The van der Waals surface area contributed by atoms with E-state index in [-0.39, 0.29) is 5.91 Å². The van der Waals surface area contributed by atoms with E-state index in [4.69, 9.17) is 16.3 Å². The van der Waals surface area contributed by atoms with E-state index in [0.717, 1.165) is 0 Å². The van der Waals surface area contributed by atoms with Crippen molar-refractivity contribution in [1.82, 2.24) is 4.98 Å². The molecule has 0 saturated heterocycles. The second-order valence-corrected chi connectivity index (χ2v) is 5.33. The molecular formula is C14H12BrClN2O2. The van der Waals surface area contributed by atoms with Crippen LogP contribution >= 0.6 is 27.5 Å². The van der Waals surface area contributed by atoms with E-state index in [0.29, 0.717) is 21.1 Å². The number of nitrogens with one attached hydrogen (secondary N) is 1. The molecular weight excluding hydrogens is 344 g/mol. The van der Waals surface area contributed by atoms with Crippen LogP contribution in [0, 0.1) is 0 Å². The third kappa shape index (κ3) is 4.21. The Morgan fingerprint density at radius 3 is 2.85 bits per heavy atom. The minimum absolute atomic E-state index is 0.255. The average Bonchev–Trinajstić information content (AvgIpc) is 2.41. The van der Waals surface area contributed by atoms with Gasteiger partial charge < -0.3 is 10.1 Å². The maximum atomic E-state index is 12.0. The van der Waals surface area contributed by atoms with Crippen LogP contribution in [0.5, 0.6) is 5.75 Å². The first kappa shape index (κ1) is 14.8. The van der Waals surface area contributed by atoms with Crippen molar-refractivity contribution in [2.24, 2.45) is 0 Å². The first-order valence-corrected chi connectivity index (χ1v) is 7.06. The maximum absolute atomic E-state index is 12.0. The summed E-state index contributed by atoms with van der Waals surface area (Å²) in [7, 11) is 0. The third-order valence-corrected chi connectivity index (χ3v) is 3.18. The van der Waals surface area contributed by atoms with Crippen LogP contribution in [0.15, 0.2) is 47.2 Å². The molecule has 4 nitrogen and oxygen atoms in total. The molecule has 6 heteroatoms. The van der Waals surface area contributed by atoms with Gasteiger partial charge in [-0.1, -0.05) is 17.7 Å². The van der Waals surface area contributed by atoms with Crippen LogP contribution in [0.3, 0.4) is 0 Å². The first-order chi connectivity index (χ1) is 9.54. The number of benzene rings is 1. The minimum atomic E-state index is -0.642. The molecule has 1 N–H and O–H groups in total. The Bertz CT molecular complexity index is 604. The second kappa shape index (κ2) is 6.72. The van der Waals surface area contributed by atoms with Crippen molar-refractivity contribution >= 4 is 39.1 Å². The number of hydrogen-bond acceptors (Lipinski definition) is 3. The largest absolute Gasteiger partial charge is 0.481 e. The molecule has 1 amide bonds. The van der Waals surface area contributed by atoms with E-state index >= 15 is 0 Å². The summed E-state index contributed by atoms with van der Waals surface area (Å²) in [5, 5.41) is 3.29. The van der Waals surface area contributed by atoms with Gasteiger partial charge in [-0.3, -0.25) is 4.79 Å². The third-order valence-electron chi connectivity index (χ3n) is 2.47. The van der Waals surface area contributed by atoms with Gasteiger partial charge in [-0.15, -0.1) is 0 Å². The summed E-state index contributed by atoms with van der Waals surface area (Å²) in [6.07, 6.45) is 0.922. The lowest BCUT2D eigenvalue weighted by Gasteiger charge is -2.14. The molecule has 1 aromatic carbocycles. The normalized spacial score (nSPS) is 11.8. The lowest BCUT2D eigenvalue weighted by Crippen LogP contribution is -2.30. The van der Waals surface area contributed by atoms with Crippen LogP contribution in [0.2, 0.25) is 5.02 Å². The molecule has 0 saturated carbocycles. The van der Waals surface area contributed by atoms with Crippen molar-refractivity contribution in [3.05, 3.63) is 52.2 Å². The Morgan fingerprint density at radius 1 is 1.40 bits per heavy atom. The highest BCUT2D eigenvalue weighted by atomic mass is 79.9. The van der Waals surface area contributed by atoms with E-state index < -0.39 is 6.10 Å². The van der Waals surface area contributed by atoms with Gasteiger partial charge in [0.05, 0.1) is 11.9 Å². The Kier molecular flexibility index (Phi) is 4.98. The predicted octanol–water partition coefficient (Wildman–Crippen LogP) is 3.90. The smallest absolute Gasteiger partial charge is 0.265 e. The SMILES string of the molecule is CC(Oc1cccc(Cl)c1)C(=O)Nc1ccc(Br)nc1. The lowest BCUT2D eigenvalue weighted by atomic mass is 10.3. The van der Waals surface area contributed by atoms with Crippen molar-refractivity contribution in [1.29, 1.82) is 0 Å². The number of amides is 1. The fraction of sp³-hybridized carbons (Fsp3) is 0.143. The zero-order chi connectivity index (χ0) is 14.5. The van der Waals surface area contributed by atoms with E-state index in [1.165, 1.54) is 0 Å². The zero-order valence-corrected chi connectivity index (χ0v) is 13.0. The molecule has 1 unspecified atom stereocenters. The van der Waals surface area contributed by atoms with E-state index in [2.05, 4.69) is 26.2 Å². The maximum Gasteiger partial charge on any atom is 0.265 e. The number of ether oxygens (including phenoxy) is 1. The van der Waals surface area contributed by atoms with Gasteiger partial charge in [0.1, 0.15) is 10.4 Å². The molecule has 0 aliphatic carbocycles. The molecule has 1 heterocycles. The summed E-state index contributed by atoms with van der Waals surface area (Å²) in [5.41, 5.74) is 0.611. The molecule has 2 rings (SSSR count). The standard InChI is InChI=1S/C14H12BrClN2O2/c1-9(20-12-4-2-3-10(16)7-12)14(19)18-11-5-6-13(15)17-8-11/h2-9H,1H3,(H,18,19). The monoisotopic (exact) mass is 354 g/mol. The fourth-order valence-corrected chi connectivity index (χ4v) is 1.91. The Morgan fingerprint density at radius 2 is 2.20 bits per heavy atom. The molecule has 0 fully saturated rings. The number of carbonyl (C=O) groups excluding carboxylic acids is 1. The number of nitrogens with zero attached hydrogens (tertiary/aromatic N) is 1. The zero-order valence-electron chi connectivity index (χ0n) is 10.6. The summed E-state index contributed by atoms with van der Waals surface area (Å²) in [5.74, 6) is 0.295. The molecule has 0 spiro atoms. The molecule has 104 valence electrons. The summed E-state index contributed by atoms with van der Waals surface area (Å²) < 4.78 is 6.23. The molecule has 0 aliphatic rings. The van der Waals surface area contributed by atoms with Gasteiger partial charge in [0.15, 0.2) is 6.10 Å². The Balaban J connectivity index is 1.96. The number of anilines is 1. The first-order valence-electron chi connectivity index (χ1n) is 5.89. The summed E-state index contributed by atoms with van der Waals surface area (Å²) in [6.45, 7) is 1.67. The van der Waals surface area contributed by atoms with Gasteiger partial charge in [-0.25, -0.2) is 4.98 Å². The molecule has 1 atom stereocenters. The van der Waals surface area contributed by atoms with Crippen molar-refractivity contribution < 1.29 is 9.53 Å². The van der Waals surface area contributed by atoms with E-state index in [1.807, 2.05) is 0 Å². The Labute approximate surface area is 130 Å². The molecule has 0 radical (unpaired) electrons. The minimum Gasteiger partial charge on any atom is -0.481 e. The highest BCUT2D eigenvalue weighted by molar-refractivity contribution is 9.10. The van der Waals surface area contributed by atoms with Gasteiger partial charge in [0, 0.05) is 5.02 Å². The number of hydrogen-bond donors (Lipinski definition) is 1. The van der Waals surface area contributed by atoms with Crippen LogP contribution in [0.1, 0.15) is 6.92 Å². The van der Waals surface area contributed by atoms with Crippen molar-refractivity contribution in [2.45, 2.75) is 13.0 Å². The van der Waals surface area contributed by atoms with Gasteiger partial charge in [0.25, 0.3) is 5.91 Å². The average molecular weight is 356 g/mol. The fourth-order valence-electron chi connectivity index (χ4n) is 1.49. The topological polar surface area (TPSA) is 51.2 Å². The molecule has 1 aromatic heterocycles. The second-order valence-electron chi connectivity index (χ2n) is 4.08. The number of halogens is 2. The van der Waals surface area contributed by atoms with E-state index in [9.17, 15) is 4.79 Å². The summed E-state index contributed by atoms with van der Waals surface area (Å²) in [6, 6.07) is 10.4. The Hall–Kier alpha value is -1.59. The van der Waals surface area contributed by atoms with E-state index in [1.54, 1.807) is 49.5 Å². The summed E-state index contributed by atoms with van der Waals surface area (Å²) in [4.78, 5) is 16.0. The quantitative estimate of drug-likeness (QED) is 0.846. The predicted molar refractivity (Wildman–Crippen MR) is 82.1 cm³/mol. The lowest BCUT2D eigenvalue weighted by molar-refractivity contribution is -0.122. The van der Waals surface area contributed by atoms with Crippen LogP contribution in [-0.2, 0) is 4.79 Å². The summed E-state index contributed by atoms with van der Waals surface area (Å²) >= 11 is 9.09. The number of carbonyl (C=O) groups is 1. The molecule has 0 aliphatic heterocycles. The van der Waals surface area contributed by atoms with Gasteiger partial charge >= 0.3 is 0 Å². The molecule has 2 aromatic rings. The van der Waals surface area contributed by atoms with Crippen molar-refractivity contribution in [2.75, 3.05) is 5.32 Å².